The minimum atomic E-state index is -0.177. The Balaban J connectivity index is 1.67. The number of hydrogen-bond acceptors (Lipinski definition) is 4. The highest BCUT2D eigenvalue weighted by Crippen LogP contribution is 2.19. The molecular formula is C17H18N4O2. The second-order valence-electron chi connectivity index (χ2n) is 5.71. The number of rotatable bonds is 5. The second-order valence-corrected chi connectivity index (χ2v) is 5.71. The molecule has 0 saturated heterocycles. The molecule has 0 bridgehead atoms. The van der Waals surface area contributed by atoms with Gasteiger partial charge in [0.05, 0.1) is 18.0 Å². The van der Waals surface area contributed by atoms with E-state index in [4.69, 9.17) is 4.42 Å². The summed E-state index contributed by atoms with van der Waals surface area (Å²) in [6.07, 6.45) is 6.47. The molecule has 2 heterocycles. The molecule has 0 unspecified atom stereocenters. The number of hydrogen-bond donors (Lipinski definition) is 1. The van der Waals surface area contributed by atoms with E-state index in [-0.39, 0.29) is 5.91 Å². The maximum absolute atomic E-state index is 12.2. The average Bonchev–Trinajstić information content (AvgIpc) is 3.19. The summed E-state index contributed by atoms with van der Waals surface area (Å²) in [5, 5.41) is 7.06. The van der Waals surface area contributed by atoms with Crippen molar-refractivity contribution in [2.75, 3.05) is 5.32 Å². The molecular weight excluding hydrogens is 292 g/mol. The summed E-state index contributed by atoms with van der Waals surface area (Å²) in [7, 11) is 0. The highest BCUT2D eigenvalue weighted by Gasteiger charge is 2.10. The van der Waals surface area contributed by atoms with E-state index in [1.807, 2.05) is 24.3 Å². The molecule has 118 valence electrons. The molecule has 23 heavy (non-hydrogen) atoms. The smallest absolute Gasteiger partial charge is 0.258 e. The van der Waals surface area contributed by atoms with Crippen molar-refractivity contribution in [3.05, 3.63) is 54.7 Å². The monoisotopic (exact) mass is 310 g/mol. The van der Waals surface area contributed by atoms with Crippen LogP contribution in [0.25, 0.3) is 11.5 Å². The first-order chi connectivity index (χ1) is 11.1. The Morgan fingerprint density at radius 3 is 2.74 bits per heavy atom. The highest BCUT2D eigenvalue weighted by molar-refractivity contribution is 6.04. The van der Waals surface area contributed by atoms with Gasteiger partial charge in [-0.15, -0.1) is 0 Å². The van der Waals surface area contributed by atoms with Crippen molar-refractivity contribution in [2.45, 2.75) is 20.4 Å². The minimum absolute atomic E-state index is 0.177. The van der Waals surface area contributed by atoms with Gasteiger partial charge in [-0.1, -0.05) is 13.8 Å². The zero-order chi connectivity index (χ0) is 16.2. The largest absolute Gasteiger partial charge is 0.445 e. The fourth-order valence-electron chi connectivity index (χ4n) is 2.22. The number of benzene rings is 1. The number of carbonyl (C=O) groups excluding carboxylic acids is 1. The summed E-state index contributed by atoms with van der Waals surface area (Å²) in [6.45, 7) is 5.01. The van der Waals surface area contributed by atoms with Crippen LogP contribution in [-0.4, -0.2) is 20.7 Å². The molecule has 0 aliphatic rings. The van der Waals surface area contributed by atoms with Crippen LogP contribution in [-0.2, 0) is 6.54 Å². The van der Waals surface area contributed by atoms with Crippen LogP contribution in [0.3, 0.4) is 0 Å². The van der Waals surface area contributed by atoms with E-state index in [2.05, 4.69) is 29.2 Å². The highest BCUT2D eigenvalue weighted by atomic mass is 16.3. The molecule has 0 aliphatic carbocycles. The van der Waals surface area contributed by atoms with Gasteiger partial charge in [-0.2, -0.15) is 5.10 Å². The van der Waals surface area contributed by atoms with Crippen LogP contribution in [0.1, 0.15) is 24.2 Å². The zero-order valence-electron chi connectivity index (χ0n) is 13.1. The van der Waals surface area contributed by atoms with E-state index in [0.717, 1.165) is 12.1 Å². The Kier molecular flexibility index (Phi) is 4.23. The normalized spacial score (nSPS) is 10.9. The van der Waals surface area contributed by atoms with Gasteiger partial charge >= 0.3 is 0 Å². The van der Waals surface area contributed by atoms with Crippen molar-refractivity contribution in [2.24, 2.45) is 5.92 Å². The Morgan fingerprint density at radius 1 is 1.30 bits per heavy atom. The van der Waals surface area contributed by atoms with Crippen LogP contribution in [0.15, 0.2) is 53.5 Å². The molecule has 6 nitrogen and oxygen atoms in total. The van der Waals surface area contributed by atoms with Crippen LogP contribution in [0.4, 0.5) is 5.69 Å². The van der Waals surface area contributed by atoms with Gasteiger partial charge in [-0.05, 0) is 30.2 Å². The van der Waals surface area contributed by atoms with Crippen molar-refractivity contribution >= 4 is 11.6 Å². The maximum atomic E-state index is 12.2. The van der Waals surface area contributed by atoms with Crippen molar-refractivity contribution in [1.29, 1.82) is 0 Å². The van der Waals surface area contributed by atoms with Crippen molar-refractivity contribution < 1.29 is 9.21 Å². The Hall–Kier alpha value is -2.89. The number of anilines is 1. The van der Waals surface area contributed by atoms with E-state index >= 15 is 0 Å². The van der Waals surface area contributed by atoms with Crippen LogP contribution < -0.4 is 5.32 Å². The summed E-state index contributed by atoms with van der Waals surface area (Å²) < 4.78 is 7.02. The lowest BCUT2D eigenvalue weighted by Gasteiger charge is -2.05. The fraction of sp³-hybridized carbons (Fsp3) is 0.235. The summed E-state index contributed by atoms with van der Waals surface area (Å²) in [5.41, 5.74) is 2.11. The maximum Gasteiger partial charge on any atom is 0.258 e. The molecule has 2 aromatic heterocycles. The van der Waals surface area contributed by atoms with Gasteiger partial charge in [0.2, 0.25) is 5.89 Å². The number of carbonyl (C=O) groups is 1. The number of nitrogens with zero attached hydrogens (tertiary/aromatic N) is 3. The quantitative estimate of drug-likeness (QED) is 0.783. The van der Waals surface area contributed by atoms with Gasteiger partial charge in [-0.3, -0.25) is 9.48 Å². The van der Waals surface area contributed by atoms with Crippen LogP contribution in [0.2, 0.25) is 0 Å². The van der Waals surface area contributed by atoms with Crippen LogP contribution in [0.5, 0.6) is 0 Å². The fourth-order valence-corrected chi connectivity index (χ4v) is 2.22. The van der Waals surface area contributed by atoms with Gasteiger partial charge in [0.25, 0.3) is 5.91 Å². The number of aromatic nitrogens is 3. The van der Waals surface area contributed by atoms with E-state index in [9.17, 15) is 4.79 Å². The SMILES string of the molecule is CC(C)Cn1cc(C(=O)Nc2ccc(-c3ncco3)cc2)cn1. The van der Waals surface area contributed by atoms with Gasteiger partial charge < -0.3 is 9.73 Å². The summed E-state index contributed by atoms with van der Waals surface area (Å²) in [6, 6.07) is 7.33. The van der Waals surface area contributed by atoms with Crippen molar-refractivity contribution in [3.63, 3.8) is 0 Å². The number of nitrogens with one attached hydrogen (secondary N) is 1. The zero-order valence-corrected chi connectivity index (χ0v) is 13.1. The topological polar surface area (TPSA) is 73.0 Å². The molecule has 1 aromatic carbocycles. The number of oxazole rings is 1. The summed E-state index contributed by atoms with van der Waals surface area (Å²) >= 11 is 0. The van der Waals surface area contributed by atoms with Gasteiger partial charge in [0.1, 0.15) is 6.26 Å². The summed E-state index contributed by atoms with van der Waals surface area (Å²) in [5.74, 6) is 0.857. The first kappa shape index (κ1) is 15.0. The number of amides is 1. The van der Waals surface area contributed by atoms with Gasteiger partial charge in [-0.25, -0.2) is 4.98 Å². The minimum Gasteiger partial charge on any atom is -0.445 e. The van der Waals surface area contributed by atoms with Crippen molar-refractivity contribution in [3.8, 4) is 11.5 Å². The van der Waals surface area contributed by atoms with E-state index in [1.165, 1.54) is 6.26 Å². The van der Waals surface area contributed by atoms with Gasteiger partial charge in [0, 0.05) is 24.0 Å². The first-order valence-corrected chi connectivity index (χ1v) is 7.45. The molecule has 0 atom stereocenters. The lowest BCUT2D eigenvalue weighted by Crippen LogP contribution is -2.11. The molecule has 3 rings (SSSR count). The molecule has 0 saturated carbocycles. The molecule has 0 radical (unpaired) electrons. The van der Waals surface area contributed by atoms with Crippen LogP contribution in [0, 0.1) is 5.92 Å². The molecule has 0 fully saturated rings. The predicted octanol–water partition coefficient (Wildman–Crippen LogP) is 3.45. The molecule has 3 aromatic rings. The standard InChI is InChI=1S/C17H18N4O2/c1-12(2)10-21-11-14(9-19-21)16(22)20-15-5-3-13(4-6-15)17-18-7-8-23-17/h3-9,11-12H,10H2,1-2H3,(H,20,22). The second kappa shape index (κ2) is 6.48. The van der Waals surface area contributed by atoms with E-state index in [0.29, 0.717) is 23.1 Å². The lowest BCUT2D eigenvalue weighted by atomic mass is 10.2. The van der Waals surface area contributed by atoms with E-state index in [1.54, 1.807) is 23.3 Å². The third kappa shape index (κ3) is 3.66. The Morgan fingerprint density at radius 2 is 2.09 bits per heavy atom. The Bertz CT molecular complexity index is 773. The molecule has 1 amide bonds. The van der Waals surface area contributed by atoms with Crippen LogP contribution >= 0.6 is 0 Å². The van der Waals surface area contributed by atoms with Crippen molar-refractivity contribution in [1.82, 2.24) is 14.8 Å². The van der Waals surface area contributed by atoms with Gasteiger partial charge in [0.15, 0.2) is 0 Å². The first-order valence-electron chi connectivity index (χ1n) is 7.45. The molecule has 1 N–H and O–H groups in total. The average molecular weight is 310 g/mol. The molecule has 0 aliphatic heterocycles. The predicted molar refractivity (Wildman–Crippen MR) is 87.0 cm³/mol. The third-order valence-electron chi connectivity index (χ3n) is 3.27. The van der Waals surface area contributed by atoms with E-state index < -0.39 is 0 Å². The molecule has 0 spiro atoms. The third-order valence-corrected chi connectivity index (χ3v) is 3.27. The molecule has 6 heteroatoms. The lowest BCUT2D eigenvalue weighted by molar-refractivity contribution is 0.102. The Labute approximate surface area is 134 Å². The summed E-state index contributed by atoms with van der Waals surface area (Å²) in [4.78, 5) is 16.3.